The molecule has 0 aliphatic carbocycles. The summed E-state index contributed by atoms with van der Waals surface area (Å²) >= 11 is 6.30. The van der Waals surface area contributed by atoms with Gasteiger partial charge in [0.15, 0.2) is 9.84 Å². The van der Waals surface area contributed by atoms with Crippen molar-refractivity contribution in [1.29, 1.82) is 0 Å². The molecule has 1 aliphatic rings. The van der Waals surface area contributed by atoms with E-state index in [0.29, 0.717) is 22.9 Å². The van der Waals surface area contributed by atoms with Crippen molar-refractivity contribution in [3.63, 3.8) is 0 Å². The topological polar surface area (TPSA) is 106 Å². The zero-order valence-corrected chi connectivity index (χ0v) is 16.7. The molecule has 28 heavy (non-hydrogen) atoms. The summed E-state index contributed by atoms with van der Waals surface area (Å²) in [4.78, 5) is 24.4. The minimum Gasteiger partial charge on any atom is -0.496 e. The predicted molar refractivity (Wildman–Crippen MR) is 104 cm³/mol. The summed E-state index contributed by atoms with van der Waals surface area (Å²) in [6.45, 7) is 0. The summed E-state index contributed by atoms with van der Waals surface area (Å²) in [5.41, 5.74) is 5.43. The van der Waals surface area contributed by atoms with Crippen molar-refractivity contribution in [2.45, 2.75) is 12.8 Å². The third-order valence-corrected chi connectivity index (χ3v) is 6.65. The number of ether oxygens (including phenoxy) is 1. The first kappa shape index (κ1) is 20.2. The molecule has 2 aromatic rings. The van der Waals surface area contributed by atoms with Gasteiger partial charge in [0.2, 0.25) is 5.91 Å². The van der Waals surface area contributed by atoms with Gasteiger partial charge in [-0.05, 0) is 30.5 Å². The lowest BCUT2D eigenvalue weighted by atomic mass is 10.1. The fourth-order valence-electron chi connectivity index (χ4n) is 3.12. The molecule has 0 bridgehead atoms. The van der Waals surface area contributed by atoms with Gasteiger partial charge in [-0.15, -0.1) is 0 Å². The second-order valence-electron chi connectivity index (χ2n) is 6.57. The quantitative estimate of drug-likeness (QED) is 0.709. The van der Waals surface area contributed by atoms with E-state index in [9.17, 15) is 18.0 Å². The summed E-state index contributed by atoms with van der Waals surface area (Å²) in [5, 5.41) is 0.338. The molecule has 1 aromatic carbocycles. The van der Waals surface area contributed by atoms with Crippen molar-refractivity contribution in [2.75, 3.05) is 18.6 Å². The Morgan fingerprint density at radius 1 is 1.25 bits per heavy atom. The second kappa shape index (κ2) is 8.24. The van der Waals surface area contributed by atoms with Crippen LogP contribution in [-0.4, -0.2) is 43.4 Å². The van der Waals surface area contributed by atoms with Crippen LogP contribution in [0.3, 0.4) is 0 Å². The van der Waals surface area contributed by atoms with Gasteiger partial charge in [0.1, 0.15) is 5.75 Å². The van der Waals surface area contributed by atoms with Crippen molar-refractivity contribution < 1.29 is 22.7 Å². The minimum absolute atomic E-state index is 0.00134. The Balaban J connectivity index is 1.65. The van der Waals surface area contributed by atoms with Crippen molar-refractivity contribution in [3.8, 4) is 11.4 Å². The number of aromatic nitrogens is 1. The third-order valence-electron chi connectivity index (χ3n) is 4.51. The van der Waals surface area contributed by atoms with Crippen LogP contribution in [0.15, 0.2) is 36.7 Å². The molecule has 1 atom stereocenters. The average Bonchev–Trinajstić information content (AvgIpc) is 3.29. The summed E-state index contributed by atoms with van der Waals surface area (Å²) in [6.07, 6.45) is 4.10. The SMILES string of the molecule is COc1cc(-n2cccc2)c(Cl)cc1C(=O)NNC(=O)CC1CCS(=O)(=O)C1. The average molecular weight is 426 g/mol. The number of carbonyl (C=O) groups is 2. The van der Waals surface area contributed by atoms with E-state index in [1.165, 1.54) is 13.2 Å². The number of methoxy groups -OCH3 is 1. The van der Waals surface area contributed by atoms with E-state index in [0.717, 1.165) is 0 Å². The van der Waals surface area contributed by atoms with Gasteiger partial charge in [-0.25, -0.2) is 8.42 Å². The molecular weight excluding hydrogens is 406 g/mol. The van der Waals surface area contributed by atoms with Crippen LogP contribution < -0.4 is 15.6 Å². The number of nitrogens with zero attached hydrogens (tertiary/aromatic N) is 1. The number of hydrazine groups is 1. The van der Waals surface area contributed by atoms with Crippen LogP contribution in [0.1, 0.15) is 23.2 Å². The molecule has 1 aliphatic heterocycles. The number of sulfone groups is 1. The molecule has 0 spiro atoms. The highest BCUT2D eigenvalue weighted by Gasteiger charge is 2.29. The zero-order valence-electron chi connectivity index (χ0n) is 15.1. The van der Waals surface area contributed by atoms with Crippen LogP contribution in [0.5, 0.6) is 5.75 Å². The maximum absolute atomic E-state index is 12.5. The van der Waals surface area contributed by atoms with Gasteiger partial charge in [-0.3, -0.25) is 20.4 Å². The largest absolute Gasteiger partial charge is 0.496 e. The molecule has 8 nitrogen and oxygen atoms in total. The molecular formula is C18H20ClN3O5S. The molecule has 150 valence electrons. The molecule has 2 amide bonds. The molecule has 1 saturated heterocycles. The standard InChI is InChI=1S/C18H20ClN3O5S/c1-27-16-10-15(22-5-2-3-6-22)14(19)9-13(16)18(24)21-20-17(23)8-12-4-7-28(25,26)11-12/h2-3,5-6,9-10,12H,4,7-8,11H2,1H3,(H,20,23)(H,21,24). The predicted octanol–water partition coefficient (Wildman–Crippen LogP) is 1.73. The number of nitrogens with one attached hydrogen (secondary N) is 2. The summed E-state index contributed by atoms with van der Waals surface area (Å²) in [6, 6.07) is 6.77. The molecule has 1 aromatic heterocycles. The number of rotatable bonds is 5. The number of amides is 2. The highest BCUT2D eigenvalue weighted by atomic mass is 35.5. The number of halogens is 1. The maximum atomic E-state index is 12.5. The highest BCUT2D eigenvalue weighted by Crippen LogP contribution is 2.30. The molecule has 0 radical (unpaired) electrons. The van der Waals surface area contributed by atoms with Crippen LogP contribution in [0.2, 0.25) is 5.02 Å². The number of hydrogen-bond donors (Lipinski definition) is 2. The van der Waals surface area contributed by atoms with Gasteiger partial charge < -0.3 is 9.30 Å². The molecule has 10 heteroatoms. The first-order valence-electron chi connectivity index (χ1n) is 8.59. The Hall–Kier alpha value is -2.52. The molecule has 2 N–H and O–H groups in total. The Morgan fingerprint density at radius 2 is 1.96 bits per heavy atom. The van der Waals surface area contributed by atoms with E-state index < -0.39 is 21.7 Å². The number of benzene rings is 1. The summed E-state index contributed by atoms with van der Waals surface area (Å²) in [7, 11) is -1.62. The van der Waals surface area contributed by atoms with E-state index in [2.05, 4.69) is 10.9 Å². The van der Waals surface area contributed by atoms with Gasteiger partial charge in [0.05, 0.1) is 34.9 Å². The highest BCUT2D eigenvalue weighted by molar-refractivity contribution is 7.91. The maximum Gasteiger partial charge on any atom is 0.273 e. The lowest BCUT2D eigenvalue weighted by molar-refractivity contribution is -0.122. The smallest absolute Gasteiger partial charge is 0.273 e. The van der Waals surface area contributed by atoms with Crippen LogP contribution in [0, 0.1) is 5.92 Å². The molecule has 1 fully saturated rings. The summed E-state index contributed by atoms with van der Waals surface area (Å²) in [5.74, 6) is -0.887. The van der Waals surface area contributed by atoms with E-state index in [1.54, 1.807) is 10.6 Å². The van der Waals surface area contributed by atoms with E-state index in [4.69, 9.17) is 16.3 Å². The minimum atomic E-state index is -3.05. The molecule has 3 rings (SSSR count). The molecule has 0 saturated carbocycles. The van der Waals surface area contributed by atoms with Crippen molar-refractivity contribution in [2.24, 2.45) is 5.92 Å². The lowest BCUT2D eigenvalue weighted by Gasteiger charge is -2.14. The van der Waals surface area contributed by atoms with Crippen LogP contribution >= 0.6 is 11.6 Å². The first-order valence-corrected chi connectivity index (χ1v) is 10.8. The van der Waals surface area contributed by atoms with Gasteiger partial charge in [0, 0.05) is 24.9 Å². The van der Waals surface area contributed by atoms with E-state index in [-0.39, 0.29) is 29.4 Å². The van der Waals surface area contributed by atoms with Crippen molar-refractivity contribution in [1.82, 2.24) is 15.4 Å². The van der Waals surface area contributed by atoms with Crippen LogP contribution in [-0.2, 0) is 14.6 Å². The first-order chi connectivity index (χ1) is 13.3. The lowest BCUT2D eigenvalue weighted by Crippen LogP contribution is -2.42. The van der Waals surface area contributed by atoms with Gasteiger partial charge in [-0.2, -0.15) is 0 Å². The Morgan fingerprint density at radius 3 is 2.57 bits per heavy atom. The Kier molecular flexibility index (Phi) is 5.95. The fourth-order valence-corrected chi connectivity index (χ4v) is 5.25. The molecule has 1 unspecified atom stereocenters. The number of hydrogen-bond acceptors (Lipinski definition) is 5. The van der Waals surface area contributed by atoms with Gasteiger partial charge in [0.25, 0.3) is 5.91 Å². The van der Waals surface area contributed by atoms with Gasteiger partial charge in [-0.1, -0.05) is 11.6 Å². The fraction of sp³-hybridized carbons (Fsp3) is 0.333. The van der Waals surface area contributed by atoms with Crippen molar-refractivity contribution in [3.05, 3.63) is 47.2 Å². The van der Waals surface area contributed by atoms with Crippen LogP contribution in [0.25, 0.3) is 5.69 Å². The second-order valence-corrected chi connectivity index (χ2v) is 9.21. The number of carbonyl (C=O) groups excluding carboxylic acids is 2. The Labute approximate surface area is 167 Å². The summed E-state index contributed by atoms with van der Waals surface area (Å²) < 4.78 is 30.0. The van der Waals surface area contributed by atoms with Crippen LogP contribution in [0.4, 0.5) is 0 Å². The molecule has 2 heterocycles. The third kappa shape index (κ3) is 4.66. The van der Waals surface area contributed by atoms with Crippen molar-refractivity contribution >= 4 is 33.3 Å². The van der Waals surface area contributed by atoms with E-state index >= 15 is 0 Å². The van der Waals surface area contributed by atoms with Gasteiger partial charge >= 0.3 is 0 Å². The zero-order chi connectivity index (χ0) is 20.3. The Bertz CT molecular complexity index is 989. The monoisotopic (exact) mass is 425 g/mol. The van der Waals surface area contributed by atoms with E-state index in [1.807, 2.05) is 24.5 Å². The normalized spacial score (nSPS) is 17.9.